The van der Waals surface area contributed by atoms with Crippen LogP contribution in [0.2, 0.25) is 0 Å². The zero-order chi connectivity index (χ0) is 14.8. The summed E-state index contributed by atoms with van der Waals surface area (Å²) in [6.45, 7) is 3.02. The summed E-state index contributed by atoms with van der Waals surface area (Å²) in [5, 5.41) is 13.5. The van der Waals surface area contributed by atoms with Gasteiger partial charge >= 0.3 is 0 Å². The van der Waals surface area contributed by atoms with Gasteiger partial charge in [0.25, 0.3) is 0 Å². The Hall–Kier alpha value is -1.01. The highest BCUT2D eigenvalue weighted by molar-refractivity contribution is 5.11. The van der Waals surface area contributed by atoms with Crippen molar-refractivity contribution in [1.29, 1.82) is 0 Å². The highest BCUT2D eigenvalue weighted by atomic mass is 16.5. The molecule has 2 fully saturated rings. The Kier molecular flexibility index (Phi) is 4.26. The second-order valence-corrected chi connectivity index (χ2v) is 6.47. The number of hydrogen-bond acceptors (Lipinski definition) is 5. The summed E-state index contributed by atoms with van der Waals surface area (Å²) >= 11 is 0. The number of aromatic nitrogens is 1. The van der Waals surface area contributed by atoms with E-state index in [0.29, 0.717) is 6.61 Å². The molecular formula is C16H25N3O2. The van der Waals surface area contributed by atoms with E-state index in [4.69, 9.17) is 4.74 Å². The molecule has 1 aromatic heterocycles. The molecule has 1 atom stereocenters. The molecule has 0 radical (unpaired) electrons. The molecule has 1 saturated carbocycles. The number of nitrogens with one attached hydrogen (secondary N) is 1. The summed E-state index contributed by atoms with van der Waals surface area (Å²) in [4.78, 5) is 6.41. The lowest BCUT2D eigenvalue weighted by Gasteiger charge is -2.59. The van der Waals surface area contributed by atoms with Crippen LogP contribution in [0.3, 0.4) is 0 Å². The van der Waals surface area contributed by atoms with Crippen LogP contribution in [0.15, 0.2) is 24.5 Å². The lowest BCUT2D eigenvalue weighted by molar-refractivity contribution is -0.180. The van der Waals surface area contributed by atoms with E-state index >= 15 is 0 Å². The van der Waals surface area contributed by atoms with Crippen molar-refractivity contribution in [3.63, 3.8) is 0 Å². The topological polar surface area (TPSA) is 57.6 Å². The van der Waals surface area contributed by atoms with Crippen LogP contribution in [0.1, 0.15) is 24.8 Å². The number of nitrogens with zero attached hydrogens (tertiary/aromatic N) is 2. The van der Waals surface area contributed by atoms with Crippen LogP contribution in [0.25, 0.3) is 0 Å². The molecule has 116 valence electrons. The minimum atomic E-state index is -0.314. The first-order chi connectivity index (χ1) is 10.2. The summed E-state index contributed by atoms with van der Waals surface area (Å²) in [5.41, 5.74) is 1.04. The zero-order valence-electron chi connectivity index (χ0n) is 12.7. The molecule has 1 unspecified atom stereocenters. The molecule has 1 saturated heterocycles. The first-order valence-electron chi connectivity index (χ1n) is 7.73. The van der Waals surface area contributed by atoms with Gasteiger partial charge in [-0.1, -0.05) is 0 Å². The van der Waals surface area contributed by atoms with Crippen molar-refractivity contribution in [3.05, 3.63) is 30.1 Å². The predicted molar refractivity (Wildman–Crippen MR) is 80.9 cm³/mol. The molecule has 5 heteroatoms. The molecule has 2 aliphatic rings. The number of likely N-dealkylation sites (N-methyl/N-ethyl adjacent to an activating group) is 1. The highest BCUT2D eigenvalue weighted by Crippen LogP contribution is 2.43. The lowest BCUT2D eigenvalue weighted by Crippen LogP contribution is -2.73. The Balaban J connectivity index is 1.63. The van der Waals surface area contributed by atoms with Gasteiger partial charge in [-0.05, 0) is 44.0 Å². The third-order valence-electron chi connectivity index (χ3n) is 5.28. The van der Waals surface area contributed by atoms with Crippen molar-refractivity contribution >= 4 is 0 Å². The van der Waals surface area contributed by atoms with Crippen molar-refractivity contribution in [2.24, 2.45) is 0 Å². The van der Waals surface area contributed by atoms with Crippen LogP contribution in [0.4, 0.5) is 0 Å². The summed E-state index contributed by atoms with van der Waals surface area (Å²) in [6.07, 6.45) is 7.22. The first-order valence-corrected chi connectivity index (χ1v) is 7.73. The van der Waals surface area contributed by atoms with E-state index in [9.17, 15) is 5.11 Å². The van der Waals surface area contributed by atoms with E-state index in [1.54, 1.807) is 12.4 Å². The maximum Gasteiger partial charge on any atom is 0.0804 e. The fraction of sp³-hybridized carbons (Fsp3) is 0.688. The predicted octanol–water partition coefficient (Wildman–Crippen LogP) is 0.787. The third-order valence-corrected chi connectivity index (χ3v) is 5.28. The number of aliphatic hydroxyl groups is 1. The molecule has 0 aromatic carbocycles. The normalized spacial score (nSPS) is 28.5. The SMILES string of the molecule is CN1C2(CCC2)COCC1(CO)CNCc1ccncc1. The van der Waals surface area contributed by atoms with E-state index < -0.39 is 0 Å². The van der Waals surface area contributed by atoms with E-state index in [-0.39, 0.29) is 17.7 Å². The number of aliphatic hydroxyl groups excluding tert-OH is 1. The molecule has 3 rings (SSSR count). The number of rotatable bonds is 5. The average Bonchev–Trinajstić information content (AvgIpc) is 2.49. The van der Waals surface area contributed by atoms with Gasteiger partial charge in [-0.2, -0.15) is 0 Å². The number of hydrogen-bond donors (Lipinski definition) is 2. The van der Waals surface area contributed by atoms with Crippen LogP contribution in [0.5, 0.6) is 0 Å². The monoisotopic (exact) mass is 291 g/mol. The molecular weight excluding hydrogens is 266 g/mol. The molecule has 0 amide bonds. The third kappa shape index (κ3) is 2.71. The fourth-order valence-electron chi connectivity index (χ4n) is 3.51. The van der Waals surface area contributed by atoms with Crippen molar-refractivity contribution in [1.82, 2.24) is 15.2 Å². The quantitative estimate of drug-likeness (QED) is 0.840. The Labute approximate surface area is 126 Å². The lowest BCUT2D eigenvalue weighted by atomic mass is 9.72. The van der Waals surface area contributed by atoms with Gasteiger partial charge in [-0.15, -0.1) is 0 Å². The van der Waals surface area contributed by atoms with E-state index in [1.807, 2.05) is 12.1 Å². The molecule has 1 spiro atoms. The maximum atomic E-state index is 9.99. The number of morpholine rings is 1. The van der Waals surface area contributed by atoms with Gasteiger partial charge in [0.05, 0.1) is 25.4 Å². The Bertz CT molecular complexity index is 464. The fourth-order valence-corrected chi connectivity index (χ4v) is 3.51. The van der Waals surface area contributed by atoms with Crippen LogP contribution in [-0.4, -0.2) is 59.5 Å². The molecule has 21 heavy (non-hydrogen) atoms. The molecule has 1 aromatic rings. The molecule has 5 nitrogen and oxygen atoms in total. The van der Waals surface area contributed by atoms with Gasteiger partial charge in [0.2, 0.25) is 0 Å². The first kappa shape index (κ1) is 14.9. The van der Waals surface area contributed by atoms with Gasteiger partial charge in [-0.3, -0.25) is 9.88 Å². The van der Waals surface area contributed by atoms with Gasteiger partial charge < -0.3 is 15.2 Å². The van der Waals surface area contributed by atoms with Crippen molar-refractivity contribution < 1.29 is 9.84 Å². The Morgan fingerprint density at radius 3 is 2.71 bits per heavy atom. The maximum absolute atomic E-state index is 9.99. The van der Waals surface area contributed by atoms with Crippen LogP contribution in [-0.2, 0) is 11.3 Å². The van der Waals surface area contributed by atoms with Crippen LogP contribution >= 0.6 is 0 Å². The zero-order valence-corrected chi connectivity index (χ0v) is 12.7. The second-order valence-electron chi connectivity index (χ2n) is 6.47. The summed E-state index contributed by atoms with van der Waals surface area (Å²) < 4.78 is 5.86. The van der Waals surface area contributed by atoms with E-state index in [0.717, 1.165) is 19.7 Å². The average molecular weight is 291 g/mol. The Morgan fingerprint density at radius 1 is 1.33 bits per heavy atom. The van der Waals surface area contributed by atoms with Crippen LogP contribution in [0, 0.1) is 0 Å². The highest BCUT2D eigenvalue weighted by Gasteiger charge is 2.52. The van der Waals surface area contributed by atoms with Crippen LogP contribution < -0.4 is 5.32 Å². The summed E-state index contributed by atoms with van der Waals surface area (Å²) in [6, 6.07) is 4.01. The van der Waals surface area contributed by atoms with Gasteiger partial charge in [0.15, 0.2) is 0 Å². The smallest absolute Gasteiger partial charge is 0.0804 e. The minimum absolute atomic E-state index is 0.120. The second kappa shape index (κ2) is 6.01. The van der Waals surface area contributed by atoms with Crippen molar-refractivity contribution in [2.45, 2.75) is 36.9 Å². The number of pyridine rings is 1. The van der Waals surface area contributed by atoms with Gasteiger partial charge in [0.1, 0.15) is 0 Å². The standard InChI is InChI=1S/C16H25N3O2/c1-19-15(5-2-6-15)12-21-13-16(19,11-20)10-18-9-14-3-7-17-8-4-14/h3-4,7-8,18,20H,2,5-6,9-13H2,1H3. The largest absolute Gasteiger partial charge is 0.394 e. The summed E-state index contributed by atoms with van der Waals surface area (Å²) in [5.74, 6) is 0. The molecule has 0 bridgehead atoms. The van der Waals surface area contributed by atoms with Gasteiger partial charge in [0, 0.05) is 31.0 Å². The molecule has 2 heterocycles. The summed E-state index contributed by atoms with van der Waals surface area (Å²) in [7, 11) is 2.14. The van der Waals surface area contributed by atoms with E-state index in [1.165, 1.54) is 24.8 Å². The molecule has 1 aliphatic heterocycles. The van der Waals surface area contributed by atoms with Crippen molar-refractivity contribution in [3.8, 4) is 0 Å². The minimum Gasteiger partial charge on any atom is -0.394 e. The van der Waals surface area contributed by atoms with Gasteiger partial charge in [-0.25, -0.2) is 0 Å². The van der Waals surface area contributed by atoms with E-state index in [2.05, 4.69) is 22.2 Å². The molecule has 1 aliphatic carbocycles. The number of ether oxygens (including phenoxy) is 1. The Morgan fingerprint density at radius 2 is 2.10 bits per heavy atom. The van der Waals surface area contributed by atoms with Crippen molar-refractivity contribution in [2.75, 3.05) is 33.4 Å². The molecule has 2 N–H and O–H groups in total.